The number of likely N-dealkylation sites (tertiary alicyclic amines) is 1. The highest BCUT2D eigenvalue weighted by atomic mass is 16.3. The van der Waals surface area contributed by atoms with Gasteiger partial charge in [0.05, 0.1) is 6.61 Å². The third-order valence-electron chi connectivity index (χ3n) is 3.58. The highest BCUT2D eigenvalue weighted by Gasteiger charge is 2.23. The molecule has 1 heterocycles. The van der Waals surface area contributed by atoms with Crippen molar-refractivity contribution in [1.82, 2.24) is 10.2 Å². The summed E-state index contributed by atoms with van der Waals surface area (Å²) in [7, 11) is 2.20. The van der Waals surface area contributed by atoms with Gasteiger partial charge in [0, 0.05) is 18.6 Å². The van der Waals surface area contributed by atoms with E-state index in [2.05, 4.69) is 31.1 Å². The maximum absolute atomic E-state index is 9.15. The molecule has 15 heavy (non-hydrogen) atoms. The first-order chi connectivity index (χ1) is 7.17. The molecule has 0 amide bonds. The summed E-state index contributed by atoms with van der Waals surface area (Å²) < 4.78 is 0. The minimum absolute atomic E-state index is 0.253. The van der Waals surface area contributed by atoms with E-state index in [1.54, 1.807) is 0 Å². The quantitative estimate of drug-likeness (QED) is 0.719. The molecule has 1 aliphatic heterocycles. The van der Waals surface area contributed by atoms with Crippen LogP contribution in [0.4, 0.5) is 0 Å². The van der Waals surface area contributed by atoms with Gasteiger partial charge in [-0.05, 0) is 45.7 Å². The number of aliphatic hydroxyl groups excluding tert-OH is 1. The van der Waals surface area contributed by atoms with Gasteiger partial charge in [-0.1, -0.05) is 6.92 Å². The van der Waals surface area contributed by atoms with Crippen molar-refractivity contribution < 1.29 is 5.11 Å². The molecule has 0 aromatic carbocycles. The molecule has 3 heteroatoms. The Kier molecular flexibility index (Phi) is 5.58. The van der Waals surface area contributed by atoms with Crippen LogP contribution in [0.2, 0.25) is 0 Å². The van der Waals surface area contributed by atoms with E-state index in [4.69, 9.17) is 5.11 Å². The first-order valence-corrected chi connectivity index (χ1v) is 6.22. The van der Waals surface area contributed by atoms with E-state index >= 15 is 0 Å². The van der Waals surface area contributed by atoms with E-state index in [1.807, 2.05) is 0 Å². The van der Waals surface area contributed by atoms with E-state index in [0.717, 1.165) is 12.3 Å². The van der Waals surface area contributed by atoms with Crippen LogP contribution in [0.1, 0.15) is 33.1 Å². The fourth-order valence-electron chi connectivity index (χ4n) is 2.42. The van der Waals surface area contributed by atoms with Gasteiger partial charge in [0.2, 0.25) is 0 Å². The molecule has 3 unspecified atom stereocenters. The summed E-state index contributed by atoms with van der Waals surface area (Å²) in [6.07, 6.45) is 3.63. The monoisotopic (exact) mass is 214 g/mol. The first-order valence-electron chi connectivity index (χ1n) is 6.22. The van der Waals surface area contributed by atoms with E-state index in [1.165, 1.54) is 25.9 Å². The minimum Gasteiger partial charge on any atom is -0.395 e. The smallest absolute Gasteiger partial charge is 0.0584 e. The Morgan fingerprint density at radius 2 is 2.27 bits per heavy atom. The number of piperidine rings is 1. The van der Waals surface area contributed by atoms with Gasteiger partial charge < -0.3 is 15.3 Å². The van der Waals surface area contributed by atoms with Gasteiger partial charge in [0.15, 0.2) is 0 Å². The first kappa shape index (κ1) is 12.9. The molecule has 0 aromatic heterocycles. The molecule has 0 radical (unpaired) electrons. The molecule has 0 saturated carbocycles. The van der Waals surface area contributed by atoms with Crippen molar-refractivity contribution in [3.63, 3.8) is 0 Å². The second-order valence-electron chi connectivity index (χ2n) is 4.91. The summed E-state index contributed by atoms with van der Waals surface area (Å²) in [5.74, 6) is 0.740. The van der Waals surface area contributed by atoms with E-state index in [0.29, 0.717) is 6.04 Å². The van der Waals surface area contributed by atoms with Crippen molar-refractivity contribution in [2.75, 3.05) is 26.7 Å². The number of hydrogen-bond acceptors (Lipinski definition) is 3. The number of hydrogen-bond donors (Lipinski definition) is 2. The number of nitrogens with zero attached hydrogens (tertiary/aromatic N) is 1. The van der Waals surface area contributed by atoms with Crippen LogP contribution in [0.25, 0.3) is 0 Å². The van der Waals surface area contributed by atoms with Crippen LogP contribution >= 0.6 is 0 Å². The van der Waals surface area contributed by atoms with Crippen molar-refractivity contribution in [3.8, 4) is 0 Å². The van der Waals surface area contributed by atoms with Crippen molar-refractivity contribution in [1.29, 1.82) is 0 Å². The van der Waals surface area contributed by atoms with E-state index in [9.17, 15) is 0 Å². The maximum Gasteiger partial charge on any atom is 0.0584 e. The minimum atomic E-state index is 0.253. The van der Waals surface area contributed by atoms with Crippen LogP contribution in [-0.2, 0) is 0 Å². The lowest BCUT2D eigenvalue weighted by Crippen LogP contribution is -2.47. The summed E-state index contributed by atoms with van der Waals surface area (Å²) in [4.78, 5) is 2.41. The molecule has 1 rings (SSSR count). The fourth-order valence-corrected chi connectivity index (χ4v) is 2.42. The molecule has 1 saturated heterocycles. The van der Waals surface area contributed by atoms with Crippen LogP contribution < -0.4 is 5.32 Å². The summed E-state index contributed by atoms with van der Waals surface area (Å²) >= 11 is 0. The second-order valence-corrected chi connectivity index (χ2v) is 4.91. The van der Waals surface area contributed by atoms with Gasteiger partial charge in [-0.3, -0.25) is 0 Å². The van der Waals surface area contributed by atoms with Crippen molar-refractivity contribution in [3.05, 3.63) is 0 Å². The van der Waals surface area contributed by atoms with Crippen molar-refractivity contribution >= 4 is 0 Å². The lowest BCUT2D eigenvalue weighted by Gasteiger charge is -2.35. The Balaban J connectivity index is 2.34. The number of nitrogens with one attached hydrogen (secondary N) is 1. The van der Waals surface area contributed by atoms with Gasteiger partial charge in [-0.25, -0.2) is 0 Å². The van der Waals surface area contributed by atoms with Crippen molar-refractivity contribution in [2.24, 2.45) is 5.92 Å². The normalized spacial score (nSPS) is 27.6. The average Bonchev–Trinajstić information content (AvgIpc) is 2.25. The second kappa shape index (κ2) is 6.46. The molecule has 3 nitrogen and oxygen atoms in total. The van der Waals surface area contributed by atoms with Gasteiger partial charge in [0.25, 0.3) is 0 Å². The molecule has 0 bridgehead atoms. The Bertz CT molecular complexity index is 171. The van der Waals surface area contributed by atoms with Gasteiger partial charge in [0.1, 0.15) is 0 Å². The predicted octanol–water partition coefficient (Wildman–Crippen LogP) is 1.08. The zero-order valence-corrected chi connectivity index (χ0v) is 10.4. The molecule has 1 fully saturated rings. The number of aliphatic hydroxyl groups is 1. The highest BCUT2D eigenvalue weighted by molar-refractivity contribution is 4.81. The standard InChI is InChI=1S/C12H26N2O/c1-4-12(9-15)13-10(2)11-6-5-7-14(3)8-11/h10-13,15H,4-9H2,1-3H3. The highest BCUT2D eigenvalue weighted by Crippen LogP contribution is 2.18. The van der Waals surface area contributed by atoms with Gasteiger partial charge >= 0.3 is 0 Å². The van der Waals surface area contributed by atoms with Crippen LogP contribution in [-0.4, -0.2) is 48.8 Å². The Morgan fingerprint density at radius 3 is 2.80 bits per heavy atom. The zero-order valence-electron chi connectivity index (χ0n) is 10.4. The molecule has 0 aromatic rings. The third-order valence-corrected chi connectivity index (χ3v) is 3.58. The fraction of sp³-hybridized carbons (Fsp3) is 1.00. The van der Waals surface area contributed by atoms with Crippen molar-refractivity contribution in [2.45, 2.75) is 45.2 Å². The lowest BCUT2D eigenvalue weighted by atomic mass is 9.91. The van der Waals surface area contributed by atoms with Gasteiger partial charge in [-0.15, -0.1) is 0 Å². The summed E-state index contributed by atoms with van der Waals surface area (Å²) in [6, 6.07) is 0.789. The lowest BCUT2D eigenvalue weighted by molar-refractivity contribution is 0.157. The van der Waals surface area contributed by atoms with Crippen LogP contribution in [0.15, 0.2) is 0 Å². The molecule has 2 N–H and O–H groups in total. The van der Waals surface area contributed by atoms with Gasteiger partial charge in [-0.2, -0.15) is 0 Å². The predicted molar refractivity (Wildman–Crippen MR) is 64.0 cm³/mol. The molecule has 3 atom stereocenters. The average molecular weight is 214 g/mol. The molecular weight excluding hydrogens is 188 g/mol. The molecular formula is C12H26N2O. The SMILES string of the molecule is CCC(CO)NC(C)C1CCCN(C)C1. The number of rotatable bonds is 5. The summed E-state index contributed by atoms with van der Waals surface area (Å²) in [6.45, 7) is 7.05. The summed E-state index contributed by atoms with van der Waals surface area (Å²) in [5.41, 5.74) is 0. The van der Waals surface area contributed by atoms with Crippen LogP contribution in [0.5, 0.6) is 0 Å². The van der Waals surface area contributed by atoms with E-state index < -0.39 is 0 Å². The molecule has 0 spiro atoms. The van der Waals surface area contributed by atoms with E-state index in [-0.39, 0.29) is 12.6 Å². The summed E-state index contributed by atoms with van der Waals surface area (Å²) in [5, 5.41) is 12.7. The topological polar surface area (TPSA) is 35.5 Å². The Hall–Kier alpha value is -0.120. The van der Waals surface area contributed by atoms with Crippen LogP contribution in [0.3, 0.4) is 0 Å². The molecule has 0 aliphatic carbocycles. The molecule has 90 valence electrons. The maximum atomic E-state index is 9.15. The third kappa shape index (κ3) is 4.09. The zero-order chi connectivity index (χ0) is 11.3. The Morgan fingerprint density at radius 1 is 1.53 bits per heavy atom. The molecule has 1 aliphatic rings. The van der Waals surface area contributed by atoms with Crippen LogP contribution in [0, 0.1) is 5.92 Å². The Labute approximate surface area is 93.9 Å². The largest absolute Gasteiger partial charge is 0.395 e.